The zero-order valence-electron chi connectivity index (χ0n) is 29.3. The van der Waals surface area contributed by atoms with Crippen molar-refractivity contribution < 1.29 is 28.4 Å². The van der Waals surface area contributed by atoms with E-state index in [1.54, 1.807) is 12.1 Å². The molecule has 0 unspecified atom stereocenters. The Bertz CT molecular complexity index is 2410. The normalized spacial score (nSPS) is 11.2. The summed E-state index contributed by atoms with van der Waals surface area (Å²) in [6.45, 7) is 4.35. The van der Waals surface area contributed by atoms with Crippen molar-refractivity contribution in [3.8, 4) is 11.5 Å². The summed E-state index contributed by atoms with van der Waals surface area (Å²) in [5.74, 6) is 0.333. The Morgan fingerprint density at radius 2 is 1.17 bits per heavy atom. The van der Waals surface area contributed by atoms with E-state index in [0.29, 0.717) is 34.6 Å². The Morgan fingerprint density at radius 1 is 0.596 bits per heavy atom. The zero-order chi connectivity index (χ0) is 36.0. The van der Waals surface area contributed by atoms with Crippen LogP contribution >= 0.6 is 0 Å². The number of aromatic nitrogens is 1. The molecule has 6 aromatic carbocycles. The molecular weight excluding hydrogens is 647 g/mol. The average molecular weight is 685 g/mol. The van der Waals surface area contributed by atoms with Gasteiger partial charge in [-0.25, -0.2) is 9.59 Å². The van der Waals surface area contributed by atoms with Crippen LogP contribution in [0.4, 0.5) is 0 Å². The van der Waals surface area contributed by atoms with Crippen LogP contribution in [0.5, 0.6) is 11.5 Å². The second-order valence-electron chi connectivity index (χ2n) is 12.8. The van der Waals surface area contributed by atoms with Gasteiger partial charge in [-0.3, -0.25) is 0 Å². The predicted octanol–water partition coefficient (Wildman–Crippen LogP) is 9.76. The van der Waals surface area contributed by atoms with Gasteiger partial charge in [0.1, 0.15) is 31.8 Å². The molecule has 1 aromatic heterocycles. The third kappa shape index (κ3) is 7.47. The van der Waals surface area contributed by atoms with Gasteiger partial charge < -0.3 is 14.2 Å². The number of nitrogens with zero attached hydrogens (tertiary/aromatic N) is 1. The Morgan fingerprint density at radius 3 is 1.87 bits per heavy atom. The van der Waals surface area contributed by atoms with Crippen LogP contribution in [0, 0.1) is 13.8 Å². The van der Waals surface area contributed by atoms with Crippen LogP contribution < -0.4 is 14.0 Å². The number of carbonyl (C=O) groups excluding carboxylic acids is 2. The Balaban J connectivity index is 1.13. The summed E-state index contributed by atoms with van der Waals surface area (Å²) in [5.41, 5.74) is 8.07. The zero-order valence-corrected chi connectivity index (χ0v) is 29.3. The number of pyridine rings is 1. The molecule has 1 heterocycles. The van der Waals surface area contributed by atoms with Gasteiger partial charge >= 0.3 is 11.9 Å². The van der Waals surface area contributed by atoms with E-state index < -0.39 is 11.9 Å². The molecule has 0 aliphatic rings. The van der Waals surface area contributed by atoms with E-state index in [-0.39, 0.29) is 6.61 Å². The molecule has 0 amide bonds. The first-order valence-corrected chi connectivity index (χ1v) is 17.2. The summed E-state index contributed by atoms with van der Waals surface area (Å²) in [5, 5.41) is 1.57. The topological polar surface area (TPSA) is 65.7 Å². The minimum absolute atomic E-state index is 0.176. The number of para-hydroxylation sites is 1. The molecule has 0 N–H and O–H groups in total. The van der Waals surface area contributed by atoms with Gasteiger partial charge in [-0.05, 0) is 83.6 Å². The monoisotopic (exact) mass is 684 g/mol. The van der Waals surface area contributed by atoms with Crippen molar-refractivity contribution in [2.24, 2.45) is 7.05 Å². The van der Waals surface area contributed by atoms with Crippen LogP contribution in [-0.2, 0) is 25.0 Å². The average Bonchev–Trinajstić information content (AvgIpc) is 3.18. The van der Waals surface area contributed by atoms with Crippen LogP contribution in [0.15, 0.2) is 140 Å². The van der Waals surface area contributed by atoms with Gasteiger partial charge in [-0.2, -0.15) is 4.57 Å². The minimum Gasteiger partial charge on any atom is -0.489 e. The number of ether oxygens (including phenoxy) is 3. The van der Waals surface area contributed by atoms with Gasteiger partial charge in [0, 0.05) is 12.1 Å². The van der Waals surface area contributed by atoms with Gasteiger partial charge in [-0.1, -0.05) is 103 Å². The molecule has 0 atom stereocenters. The fourth-order valence-electron chi connectivity index (χ4n) is 6.40. The summed E-state index contributed by atoms with van der Waals surface area (Å²) in [6.07, 6.45) is 4.12. The molecule has 6 heteroatoms. The van der Waals surface area contributed by atoms with Crippen molar-refractivity contribution in [3.63, 3.8) is 0 Å². The molecule has 7 aromatic rings. The van der Waals surface area contributed by atoms with E-state index in [4.69, 9.17) is 14.2 Å². The van der Waals surface area contributed by atoms with Crippen molar-refractivity contribution in [2.45, 2.75) is 27.1 Å². The van der Waals surface area contributed by atoms with E-state index in [1.807, 2.05) is 142 Å². The molecular formula is C46H38NO5+. The smallest absolute Gasteiger partial charge is 0.345 e. The second kappa shape index (κ2) is 15.2. The van der Waals surface area contributed by atoms with Crippen molar-refractivity contribution >= 4 is 45.9 Å². The minimum atomic E-state index is -0.467. The SMILES string of the molecule is Cc1cc(C(=O)OCc2ccccc2)cc(C)c1OC(=O)c1c2ccccc2[n+](C)c2cc(/C=C/c3ccc(OCc4ccccc4)cc3)ccc12. The molecule has 7 rings (SSSR count). The van der Waals surface area contributed by atoms with E-state index >= 15 is 0 Å². The van der Waals surface area contributed by atoms with E-state index in [9.17, 15) is 9.59 Å². The van der Waals surface area contributed by atoms with Gasteiger partial charge in [0.25, 0.3) is 0 Å². The van der Waals surface area contributed by atoms with E-state index in [0.717, 1.165) is 49.8 Å². The molecule has 0 aliphatic heterocycles. The first-order valence-electron chi connectivity index (χ1n) is 17.2. The maximum absolute atomic E-state index is 14.1. The molecule has 0 aliphatic carbocycles. The van der Waals surface area contributed by atoms with Crippen LogP contribution in [0.2, 0.25) is 0 Å². The number of esters is 2. The van der Waals surface area contributed by atoms with Gasteiger partial charge in [-0.15, -0.1) is 0 Å². The fourth-order valence-corrected chi connectivity index (χ4v) is 6.40. The third-order valence-corrected chi connectivity index (χ3v) is 9.09. The van der Waals surface area contributed by atoms with Crippen molar-refractivity contribution in [3.05, 3.63) is 184 Å². The first kappa shape index (κ1) is 33.9. The summed E-state index contributed by atoms with van der Waals surface area (Å²) in [7, 11) is 2.01. The summed E-state index contributed by atoms with van der Waals surface area (Å²) in [6, 6.07) is 45.0. The standard InChI is InChI=1S/C46H38NO5/c1-31-26-37(45(48)51-30-36-14-8-5-9-15-36)27-32(2)44(31)52-46(49)43-39-16-10-11-17-41(39)47(3)42-28-34(22-25-40(42)43)19-18-33-20-23-38(24-21-33)50-29-35-12-6-4-7-13-35/h4-28H,29-30H2,1-3H3/q+1/b19-18+. The molecule has 0 fully saturated rings. The molecule has 0 bridgehead atoms. The lowest BCUT2D eigenvalue weighted by atomic mass is 10.00. The van der Waals surface area contributed by atoms with Crippen LogP contribution in [0.3, 0.4) is 0 Å². The number of hydrogen-bond acceptors (Lipinski definition) is 5. The van der Waals surface area contributed by atoms with Crippen molar-refractivity contribution in [2.75, 3.05) is 0 Å². The molecule has 0 radical (unpaired) electrons. The lowest BCUT2D eigenvalue weighted by Gasteiger charge is -2.15. The van der Waals surface area contributed by atoms with Crippen LogP contribution in [0.25, 0.3) is 34.0 Å². The molecule has 52 heavy (non-hydrogen) atoms. The highest BCUT2D eigenvalue weighted by Gasteiger charge is 2.25. The second-order valence-corrected chi connectivity index (χ2v) is 12.8. The highest BCUT2D eigenvalue weighted by Crippen LogP contribution is 2.31. The van der Waals surface area contributed by atoms with Gasteiger partial charge in [0.15, 0.2) is 0 Å². The van der Waals surface area contributed by atoms with Crippen LogP contribution in [0.1, 0.15) is 54.1 Å². The molecule has 0 saturated carbocycles. The highest BCUT2D eigenvalue weighted by molar-refractivity contribution is 6.13. The Kier molecular flexibility index (Phi) is 9.89. The van der Waals surface area contributed by atoms with Crippen LogP contribution in [-0.4, -0.2) is 11.9 Å². The Labute approximate surface area is 303 Å². The number of benzene rings is 6. The van der Waals surface area contributed by atoms with Gasteiger partial charge in [0.05, 0.1) is 21.9 Å². The number of fused-ring (bicyclic) bond motifs is 2. The van der Waals surface area contributed by atoms with Gasteiger partial charge in [0.2, 0.25) is 11.0 Å². The predicted molar refractivity (Wildman–Crippen MR) is 205 cm³/mol. The molecule has 0 spiro atoms. The maximum atomic E-state index is 14.1. The van der Waals surface area contributed by atoms with Crippen molar-refractivity contribution in [1.29, 1.82) is 0 Å². The van der Waals surface area contributed by atoms with E-state index in [1.165, 1.54) is 0 Å². The number of hydrogen-bond donors (Lipinski definition) is 0. The first-order chi connectivity index (χ1) is 25.3. The molecule has 256 valence electrons. The number of aryl methyl sites for hydroxylation is 3. The summed E-state index contributed by atoms with van der Waals surface area (Å²) in [4.78, 5) is 27.0. The fraction of sp³-hybridized carbons (Fsp3) is 0.109. The summed E-state index contributed by atoms with van der Waals surface area (Å²) >= 11 is 0. The van der Waals surface area contributed by atoms with E-state index in [2.05, 4.69) is 22.8 Å². The third-order valence-electron chi connectivity index (χ3n) is 9.09. The quantitative estimate of drug-likeness (QED) is 0.0472. The largest absolute Gasteiger partial charge is 0.489 e. The highest BCUT2D eigenvalue weighted by atomic mass is 16.5. The molecule has 6 nitrogen and oxygen atoms in total. The van der Waals surface area contributed by atoms with Crippen molar-refractivity contribution in [1.82, 2.24) is 0 Å². The molecule has 0 saturated heterocycles. The lowest BCUT2D eigenvalue weighted by Crippen LogP contribution is -2.31. The Hall–Kier alpha value is -6.53. The lowest BCUT2D eigenvalue weighted by molar-refractivity contribution is -0.617. The summed E-state index contributed by atoms with van der Waals surface area (Å²) < 4.78 is 19.7. The number of rotatable bonds is 10. The number of carbonyl (C=O) groups is 2. The maximum Gasteiger partial charge on any atom is 0.345 e.